The minimum Gasteiger partial charge on any atom is -0.378 e. The monoisotopic (exact) mass is 295 g/mol. The zero-order chi connectivity index (χ0) is 15.7. The molecule has 1 unspecified atom stereocenters. The summed E-state index contributed by atoms with van der Waals surface area (Å²) in [5, 5.41) is 3.61. The molecule has 4 heteroatoms. The smallest absolute Gasteiger partial charge is 0.224 e. The van der Waals surface area contributed by atoms with Gasteiger partial charge in [0.2, 0.25) is 5.91 Å². The van der Waals surface area contributed by atoms with Crippen molar-refractivity contribution < 1.29 is 4.79 Å². The summed E-state index contributed by atoms with van der Waals surface area (Å²) in [6.45, 7) is 5.90. The van der Waals surface area contributed by atoms with Crippen LogP contribution >= 0.6 is 0 Å². The summed E-state index contributed by atoms with van der Waals surface area (Å²) in [5.41, 5.74) is 3.12. The molecule has 1 aliphatic heterocycles. The molecular formula is C18H21N3O. The van der Waals surface area contributed by atoms with Crippen LogP contribution in [0.3, 0.4) is 0 Å². The Kier molecular flexibility index (Phi) is 3.84. The highest BCUT2D eigenvalue weighted by Crippen LogP contribution is 2.41. The Labute approximate surface area is 131 Å². The van der Waals surface area contributed by atoms with Crippen molar-refractivity contribution in [1.29, 1.82) is 0 Å². The fraction of sp³-hybridized carbons (Fsp3) is 0.333. The number of hydrogen-bond acceptors (Lipinski definition) is 3. The highest BCUT2D eigenvalue weighted by atomic mass is 16.2. The summed E-state index contributed by atoms with van der Waals surface area (Å²) < 4.78 is 0. The average molecular weight is 295 g/mol. The van der Waals surface area contributed by atoms with Crippen LogP contribution < -0.4 is 10.2 Å². The Morgan fingerprint density at radius 3 is 2.59 bits per heavy atom. The van der Waals surface area contributed by atoms with Crippen LogP contribution in [-0.2, 0) is 4.79 Å². The molecule has 0 saturated heterocycles. The predicted octanol–water partition coefficient (Wildman–Crippen LogP) is 3.63. The number of carbonyl (C=O) groups excluding carboxylic acids is 1. The van der Waals surface area contributed by atoms with Crippen LogP contribution in [-0.4, -0.2) is 16.9 Å². The molecule has 0 saturated carbocycles. The van der Waals surface area contributed by atoms with Crippen molar-refractivity contribution in [2.24, 2.45) is 5.92 Å². The van der Waals surface area contributed by atoms with E-state index in [-0.39, 0.29) is 18.0 Å². The van der Waals surface area contributed by atoms with Crippen LogP contribution in [0.5, 0.6) is 0 Å². The van der Waals surface area contributed by atoms with Crippen LogP contribution in [0, 0.1) is 5.92 Å². The van der Waals surface area contributed by atoms with E-state index >= 15 is 0 Å². The van der Waals surface area contributed by atoms with Crippen molar-refractivity contribution in [1.82, 2.24) is 4.98 Å². The number of benzene rings is 1. The molecule has 1 N–H and O–H groups in total. The Morgan fingerprint density at radius 1 is 1.18 bits per heavy atom. The first-order valence-corrected chi connectivity index (χ1v) is 7.65. The normalized spacial score (nSPS) is 23.8. The highest BCUT2D eigenvalue weighted by molar-refractivity contribution is 5.93. The van der Waals surface area contributed by atoms with Gasteiger partial charge >= 0.3 is 0 Å². The summed E-state index contributed by atoms with van der Waals surface area (Å²) in [5.74, 6) is 0.353. The van der Waals surface area contributed by atoms with Gasteiger partial charge in [0.05, 0.1) is 17.9 Å². The lowest BCUT2D eigenvalue weighted by molar-refractivity contribution is -0.117. The molecule has 1 aromatic heterocycles. The Morgan fingerprint density at radius 2 is 1.91 bits per heavy atom. The molecule has 0 radical (unpaired) electrons. The van der Waals surface area contributed by atoms with E-state index in [0.29, 0.717) is 5.92 Å². The van der Waals surface area contributed by atoms with Crippen LogP contribution in [0.15, 0.2) is 48.8 Å². The number of carbonyl (C=O) groups is 1. The van der Waals surface area contributed by atoms with E-state index in [0.717, 1.165) is 16.9 Å². The summed E-state index contributed by atoms with van der Waals surface area (Å²) >= 11 is 0. The van der Waals surface area contributed by atoms with Crippen LogP contribution in [0.2, 0.25) is 0 Å². The molecule has 3 atom stereocenters. The number of pyridine rings is 1. The van der Waals surface area contributed by atoms with E-state index in [1.807, 2.05) is 29.2 Å². The number of nitrogens with one attached hydrogen (secondary N) is 1. The van der Waals surface area contributed by atoms with Gasteiger partial charge in [-0.25, -0.2) is 0 Å². The molecule has 0 spiro atoms. The van der Waals surface area contributed by atoms with Crippen molar-refractivity contribution in [2.75, 3.05) is 10.2 Å². The Bertz CT molecular complexity index is 671. The topological polar surface area (TPSA) is 45.2 Å². The molecule has 3 rings (SSSR count). The zero-order valence-corrected chi connectivity index (χ0v) is 13.2. The molecule has 0 bridgehead atoms. The van der Waals surface area contributed by atoms with Gasteiger partial charge in [0.15, 0.2) is 0 Å². The fourth-order valence-electron chi connectivity index (χ4n) is 3.26. The fourth-order valence-corrected chi connectivity index (χ4v) is 3.26. The van der Waals surface area contributed by atoms with Gasteiger partial charge in [-0.05, 0) is 25.1 Å². The maximum absolute atomic E-state index is 12.1. The second kappa shape index (κ2) is 5.79. The highest BCUT2D eigenvalue weighted by Gasteiger charge is 2.38. The van der Waals surface area contributed by atoms with E-state index in [4.69, 9.17) is 0 Å². The van der Waals surface area contributed by atoms with Crippen LogP contribution in [0.25, 0.3) is 0 Å². The molecule has 1 aromatic carbocycles. The first-order valence-electron chi connectivity index (χ1n) is 7.65. The number of hydrogen-bond donors (Lipinski definition) is 1. The first-order chi connectivity index (χ1) is 10.6. The molecule has 2 aromatic rings. The second-order valence-electron chi connectivity index (χ2n) is 5.91. The Hall–Kier alpha value is -2.36. The van der Waals surface area contributed by atoms with E-state index in [9.17, 15) is 4.79 Å². The third-order valence-electron chi connectivity index (χ3n) is 4.56. The lowest BCUT2D eigenvalue weighted by Crippen LogP contribution is -2.48. The van der Waals surface area contributed by atoms with Gasteiger partial charge in [-0.1, -0.05) is 25.1 Å². The van der Waals surface area contributed by atoms with Crippen molar-refractivity contribution in [3.63, 3.8) is 0 Å². The van der Waals surface area contributed by atoms with E-state index in [1.165, 1.54) is 0 Å². The molecule has 22 heavy (non-hydrogen) atoms. The van der Waals surface area contributed by atoms with E-state index in [1.54, 1.807) is 19.3 Å². The average Bonchev–Trinajstić information content (AvgIpc) is 2.52. The van der Waals surface area contributed by atoms with Crippen molar-refractivity contribution in [3.05, 3.63) is 54.4 Å². The summed E-state index contributed by atoms with van der Waals surface area (Å²) in [6.07, 6.45) is 3.58. The van der Waals surface area contributed by atoms with Gasteiger partial charge in [-0.15, -0.1) is 0 Å². The number of aromatic nitrogens is 1. The van der Waals surface area contributed by atoms with Gasteiger partial charge in [0.25, 0.3) is 0 Å². The van der Waals surface area contributed by atoms with E-state index in [2.05, 4.69) is 36.3 Å². The van der Waals surface area contributed by atoms with Crippen LogP contribution in [0.4, 0.5) is 11.4 Å². The lowest BCUT2D eigenvalue weighted by Gasteiger charge is -2.43. The van der Waals surface area contributed by atoms with Crippen molar-refractivity contribution >= 4 is 17.3 Å². The van der Waals surface area contributed by atoms with Gasteiger partial charge < -0.3 is 10.2 Å². The Balaban J connectivity index is 2.03. The second-order valence-corrected chi connectivity index (χ2v) is 5.91. The molecule has 0 fully saturated rings. The molecule has 1 amide bonds. The molecule has 2 heterocycles. The van der Waals surface area contributed by atoms with Gasteiger partial charge in [0.1, 0.15) is 0 Å². The van der Waals surface area contributed by atoms with Crippen molar-refractivity contribution in [3.8, 4) is 0 Å². The number of nitrogens with zero attached hydrogens (tertiary/aromatic N) is 2. The quantitative estimate of drug-likeness (QED) is 0.920. The van der Waals surface area contributed by atoms with Gasteiger partial charge in [-0.3, -0.25) is 9.78 Å². The molecular weight excluding hydrogens is 274 g/mol. The van der Waals surface area contributed by atoms with Gasteiger partial charge in [0, 0.05) is 36.3 Å². The number of rotatable bonds is 2. The molecule has 4 nitrogen and oxygen atoms in total. The number of fused-ring (bicyclic) bond motifs is 1. The lowest BCUT2D eigenvalue weighted by atomic mass is 9.83. The third-order valence-corrected chi connectivity index (χ3v) is 4.56. The molecule has 0 aliphatic carbocycles. The number of anilines is 2. The SMILES string of the molecule is CC(=O)N1c2cnccc2C(Nc2ccccc2)[C@@H](C)[C@@H]1C. The summed E-state index contributed by atoms with van der Waals surface area (Å²) in [4.78, 5) is 18.1. The minimum atomic E-state index is 0.0618. The predicted molar refractivity (Wildman–Crippen MR) is 88.8 cm³/mol. The zero-order valence-electron chi connectivity index (χ0n) is 13.2. The maximum Gasteiger partial charge on any atom is 0.224 e. The minimum absolute atomic E-state index is 0.0618. The van der Waals surface area contributed by atoms with Crippen LogP contribution in [0.1, 0.15) is 32.4 Å². The molecule has 1 aliphatic rings. The van der Waals surface area contributed by atoms with E-state index < -0.39 is 0 Å². The standard InChI is InChI=1S/C18H21N3O/c1-12-13(2)21(14(3)22)17-11-19-10-9-16(17)18(12)20-15-7-5-4-6-8-15/h4-13,18,20H,1-3H3/t12-,13-,18?/m0/s1. The number of amides is 1. The number of para-hydroxylation sites is 1. The summed E-state index contributed by atoms with van der Waals surface area (Å²) in [6, 6.07) is 12.5. The largest absolute Gasteiger partial charge is 0.378 e. The van der Waals surface area contributed by atoms with Crippen molar-refractivity contribution in [2.45, 2.75) is 32.9 Å². The molecule has 114 valence electrons. The maximum atomic E-state index is 12.1. The summed E-state index contributed by atoms with van der Waals surface area (Å²) in [7, 11) is 0. The van der Waals surface area contributed by atoms with Gasteiger partial charge in [-0.2, -0.15) is 0 Å². The first kappa shape index (κ1) is 14.6. The third kappa shape index (κ3) is 2.45.